The Morgan fingerprint density at radius 1 is 1.30 bits per heavy atom. The van der Waals surface area contributed by atoms with Crippen LogP contribution in [0.15, 0.2) is 12.1 Å². The summed E-state index contributed by atoms with van der Waals surface area (Å²) in [6.45, 7) is 2.69. The molecular formula is C22H28Cl2FN3O2. The second-order valence-corrected chi connectivity index (χ2v) is 10.4. The maximum atomic E-state index is 14.9. The molecule has 3 fully saturated rings. The molecule has 1 saturated heterocycles. The molecule has 8 heteroatoms. The Hall–Kier alpha value is -1.53. The molecule has 3 aliphatic rings. The maximum Gasteiger partial charge on any atom is 0.317 e. The van der Waals surface area contributed by atoms with Crippen LogP contribution in [-0.2, 0) is 4.79 Å². The molecule has 1 aromatic carbocycles. The molecule has 0 aromatic heterocycles. The molecule has 3 atom stereocenters. The van der Waals surface area contributed by atoms with E-state index in [0.717, 1.165) is 32.1 Å². The minimum atomic E-state index is -0.545. The lowest BCUT2D eigenvalue weighted by atomic mass is 9.76. The number of urea groups is 1. The Morgan fingerprint density at radius 2 is 2.00 bits per heavy atom. The second kappa shape index (κ2) is 7.86. The van der Waals surface area contributed by atoms with Crippen molar-refractivity contribution in [3.63, 3.8) is 0 Å². The van der Waals surface area contributed by atoms with Gasteiger partial charge in [0.15, 0.2) is 0 Å². The molecule has 1 aliphatic heterocycles. The van der Waals surface area contributed by atoms with Crippen molar-refractivity contribution in [1.82, 2.24) is 15.5 Å². The summed E-state index contributed by atoms with van der Waals surface area (Å²) in [4.78, 5) is 26.9. The van der Waals surface area contributed by atoms with Crippen molar-refractivity contribution in [3.8, 4) is 0 Å². The highest BCUT2D eigenvalue weighted by molar-refractivity contribution is 6.42. The summed E-state index contributed by atoms with van der Waals surface area (Å²) >= 11 is 12.6. The lowest BCUT2D eigenvalue weighted by Gasteiger charge is -2.36. The third kappa shape index (κ3) is 3.77. The number of nitrogens with one attached hydrogen (secondary N) is 2. The van der Waals surface area contributed by atoms with Crippen molar-refractivity contribution in [2.45, 2.75) is 63.5 Å². The van der Waals surface area contributed by atoms with Gasteiger partial charge in [-0.25, -0.2) is 9.18 Å². The van der Waals surface area contributed by atoms with Crippen LogP contribution in [0.4, 0.5) is 9.18 Å². The molecule has 3 unspecified atom stereocenters. The van der Waals surface area contributed by atoms with Crippen LogP contribution < -0.4 is 10.6 Å². The predicted octanol–water partition coefficient (Wildman–Crippen LogP) is 5.06. The van der Waals surface area contributed by atoms with Gasteiger partial charge in [0, 0.05) is 25.1 Å². The topological polar surface area (TPSA) is 61.4 Å². The number of amides is 3. The zero-order chi connectivity index (χ0) is 21.7. The monoisotopic (exact) mass is 455 g/mol. The average molecular weight is 456 g/mol. The molecule has 4 rings (SSSR count). The van der Waals surface area contributed by atoms with Crippen molar-refractivity contribution < 1.29 is 14.0 Å². The predicted molar refractivity (Wildman–Crippen MR) is 115 cm³/mol. The number of nitrogens with zero attached hydrogens (tertiary/aromatic N) is 1. The third-order valence-corrected chi connectivity index (χ3v) is 8.15. The van der Waals surface area contributed by atoms with Crippen molar-refractivity contribution >= 4 is 35.1 Å². The van der Waals surface area contributed by atoms with E-state index < -0.39 is 11.9 Å². The van der Waals surface area contributed by atoms with E-state index in [-0.39, 0.29) is 44.4 Å². The largest absolute Gasteiger partial charge is 0.348 e. The van der Waals surface area contributed by atoms with E-state index in [4.69, 9.17) is 23.2 Å². The number of carbonyl (C=O) groups excluding carboxylic acids is 2. The van der Waals surface area contributed by atoms with Crippen LogP contribution in [0.1, 0.15) is 63.5 Å². The van der Waals surface area contributed by atoms with Crippen molar-refractivity contribution in [3.05, 3.63) is 33.6 Å². The first-order valence-electron chi connectivity index (χ1n) is 10.6. The van der Waals surface area contributed by atoms with E-state index in [2.05, 4.69) is 17.6 Å². The molecule has 0 bridgehead atoms. The normalized spacial score (nSPS) is 28.8. The first-order valence-corrected chi connectivity index (χ1v) is 11.4. The van der Waals surface area contributed by atoms with Gasteiger partial charge in [-0.15, -0.1) is 0 Å². The number of hydrogen-bond acceptors (Lipinski definition) is 2. The van der Waals surface area contributed by atoms with Crippen LogP contribution in [-0.4, -0.2) is 36.0 Å². The highest BCUT2D eigenvalue weighted by Crippen LogP contribution is 2.50. The van der Waals surface area contributed by atoms with E-state index in [0.29, 0.717) is 19.4 Å². The molecule has 30 heavy (non-hydrogen) atoms. The molecule has 0 radical (unpaired) electrons. The highest BCUT2D eigenvalue weighted by atomic mass is 35.5. The van der Waals surface area contributed by atoms with Crippen LogP contribution in [0, 0.1) is 17.2 Å². The fourth-order valence-electron chi connectivity index (χ4n) is 5.63. The van der Waals surface area contributed by atoms with Crippen molar-refractivity contribution in [2.75, 3.05) is 13.6 Å². The van der Waals surface area contributed by atoms with E-state index in [1.54, 1.807) is 11.9 Å². The molecule has 1 spiro atoms. The number of halogens is 3. The molecule has 164 valence electrons. The van der Waals surface area contributed by atoms with Gasteiger partial charge in [0.1, 0.15) is 5.82 Å². The van der Waals surface area contributed by atoms with E-state index in [1.165, 1.54) is 12.1 Å². The summed E-state index contributed by atoms with van der Waals surface area (Å²) in [5.74, 6) is -0.787. The standard InChI is InChI=1S/C22H28Cl2FN3O2/c1-21(8-3-4-9-21)18(16-15(25)6-5-14(23)17(16)24)26-19(29)13-7-10-22(11-13)12-28(2)20(30)27-22/h5-6,13,18H,3-4,7-12H2,1-2H3,(H,26,29)(H,27,30). The van der Waals surface area contributed by atoms with E-state index >= 15 is 0 Å². The lowest BCUT2D eigenvalue weighted by Crippen LogP contribution is -2.44. The van der Waals surface area contributed by atoms with Crippen LogP contribution in [0.25, 0.3) is 0 Å². The summed E-state index contributed by atoms with van der Waals surface area (Å²) in [7, 11) is 1.76. The van der Waals surface area contributed by atoms with Crippen LogP contribution in [0.2, 0.25) is 10.0 Å². The summed E-state index contributed by atoms with van der Waals surface area (Å²) in [6.07, 6.45) is 5.88. The fraction of sp³-hybridized carbons (Fsp3) is 0.636. The number of rotatable bonds is 4. The number of carbonyl (C=O) groups is 2. The smallest absolute Gasteiger partial charge is 0.317 e. The Kier molecular flexibility index (Phi) is 5.69. The molecule has 2 saturated carbocycles. The van der Waals surface area contributed by atoms with Gasteiger partial charge in [-0.1, -0.05) is 43.0 Å². The van der Waals surface area contributed by atoms with Crippen LogP contribution in [0.3, 0.4) is 0 Å². The van der Waals surface area contributed by atoms with Gasteiger partial charge < -0.3 is 15.5 Å². The fourth-order valence-corrected chi connectivity index (χ4v) is 6.06. The number of hydrogen-bond donors (Lipinski definition) is 2. The second-order valence-electron chi connectivity index (χ2n) is 9.57. The average Bonchev–Trinajstić information content (AvgIpc) is 3.38. The highest BCUT2D eigenvalue weighted by Gasteiger charge is 2.49. The van der Waals surface area contributed by atoms with Crippen molar-refractivity contribution in [1.29, 1.82) is 0 Å². The van der Waals surface area contributed by atoms with E-state index in [9.17, 15) is 14.0 Å². The van der Waals surface area contributed by atoms with Crippen LogP contribution in [0.5, 0.6) is 0 Å². The molecule has 2 aliphatic carbocycles. The summed E-state index contributed by atoms with van der Waals surface area (Å²) < 4.78 is 14.9. The van der Waals surface area contributed by atoms with Gasteiger partial charge in [-0.2, -0.15) is 0 Å². The lowest BCUT2D eigenvalue weighted by molar-refractivity contribution is -0.126. The minimum absolute atomic E-state index is 0.0971. The first kappa shape index (κ1) is 21.7. The quantitative estimate of drug-likeness (QED) is 0.622. The Bertz CT molecular complexity index is 874. The van der Waals surface area contributed by atoms with Gasteiger partial charge in [0.2, 0.25) is 5.91 Å². The molecule has 3 amide bonds. The zero-order valence-electron chi connectivity index (χ0n) is 17.4. The maximum absolute atomic E-state index is 14.9. The van der Waals surface area contributed by atoms with Crippen molar-refractivity contribution in [2.24, 2.45) is 11.3 Å². The molecular weight excluding hydrogens is 428 g/mol. The SMILES string of the molecule is CN1CC2(CCC(C(=O)NC(c3c(F)ccc(Cl)c3Cl)C3(C)CCCC3)C2)NC1=O. The minimum Gasteiger partial charge on any atom is -0.348 e. The zero-order valence-corrected chi connectivity index (χ0v) is 18.9. The van der Waals surface area contributed by atoms with Gasteiger partial charge in [0.05, 0.1) is 21.6 Å². The Labute approximate surface area is 186 Å². The molecule has 1 aromatic rings. The molecule has 1 heterocycles. The summed E-state index contributed by atoms with van der Waals surface area (Å²) in [6, 6.07) is 2.12. The number of benzene rings is 1. The third-order valence-electron chi connectivity index (χ3n) is 7.34. The van der Waals surface area contributed by atoms with Gasteiger partial charge >= 0.3 is 6.03 Å². The Balaban J connectivity index is 1.58. The molecule has 2 N–H and O–H groups in total. The van der Waals surface area contributed by atoms with E-state index in [1.807, 2.05) is 0 Å². The van der Waals surface area contributed by atoms with Crippen LogP contribution >= 0.6 is 23.2 Å². The van der Waals surface area contributed by atoms with Gasteiger partial charge in [0.25, 0.3) is 0 Å². The number of likely N-dealkylation sites (N-methyl/N-ethyl adjacent to an activating group) is 1. The van der Waals surface area contributed by atoms with Gasteiger partial charge in [-0.3, -0.25) is 4.79 Å². The first-order chi connectivity index (χ1) is 14.1. The summed E-state index contributed by atoms with van der Waals surface area (Å²) in [5.41, 5.74) is -0.355. The summed E-state index contributed by atoms with van der Waals surface area (Å²) in [5, 5.41) is 6.64. The molecule has 5 nitrogen and oxygen atoms in total. The van der Waals surface area contributed by atoms with Gasteiger partial charge in [-0.05, 0) is 49.7 Å². The Morgan fingerprint density at radius 3 is 2.63 bits per heavy atom.